The van der Waals surface area contributed by atoms with Crippen molar-refractivity contribution in [3.8, 4) is 5.75 Å². The molecule has 0 aliphatic carbocycles. The summed E-state index contributed by atoms with van der Waals surface area (Å²) >= 11 is 0. The number of rotatable bonds is 8. The van der Waals surface area contributed by atoms with Crippen LogP contribution in [0.25, 0.3) is 10.8 Å². The van der Waals surface area contributed by atoms with Crippen molar-refractivity contribution in [3.63, 3.8) is 0 Å². The Hall–Kier alpha value is -3.71. The van der Waals surface area contributed by atoms with Crippen LogP contribution in [0, 0.1) is 5.82 Å². The van der Waals surface area contributed by atoms with Crippen molar-refractivity contribution in [3.05, 3.63) is 108 Å². The molecule has 5 nitrogen and oxygen atoms in total. The molecule has 0 bridgehead atoms. The average Bonchev–Trinajstić information content (AvgIpc) is 2.86. The number of amides is 1. The first kappa shape index (κ1) is 24.4. The smallest absolute Gasteiger partial charge is 0.339 e. The third-order valence-corrected chi connectivity index (χ3v) is 7.20. The lowest BCUT2D eigenvalue weighted by Gasteiger charge is -2.29. The Morgan fingerprint density at radius 1 is 0.914 bits per heavy atom. The first-order chi connectivity index (χ1) is 16.8. The summed E-state index contributed by atoms with van der Waals surface area (Å²) in [7, 11) is -4.12. The highest BCUT2D eigenvalue weighted by atomic mass is 32.2. The van der Waals surface area contributed by atoms with E-state index in [1.165, 1.54) is 6.07 Å². The predicted molar refractivity (Wildman–Crippen MR) is 134 cm³/mol. The zero-order chi connectivity index (χ0) is 25.0. The van der Waals surface area contributed by atoms with Crippen LogP contribution in [0.2, 0.25) is 0 Å². The third kappa shape index (κ3) is 5.69. The predicted octanol–water partition coefficient (Wildman–Crippen LogP) is 6.19. The summed E-state index contributed by atoms with van der Waals surface area (Å²) in [5.41, 5.74) is 1.32. The number of fused-ring (bicyclic) bond motifs is 1. The molecule has 4 aromatic carbocycles. The fourth-order valence-electron chi connectivity index (χ4n) is 3.80. The molecule has 1 atom stereocenters. The Bertz CT molecular complexity index is 1450. The van der Waals surface area contributed by atoms with Gasteiger partial charge in [-0.05, 0) is 78.2 Å². The molecule has 0 radical (unpaired) electrons. The number of benzene rings is 4. The van der Waals surface area contributed by atoms with Gasteiger partial charge in [0.2, 0.25) is 0 Å². The molecule has 0 saturated carbocycles. The van der Waals surface area contributed by atoms with Gasteiger partial charge in [0.05, 0.1) is 0 Å². The van der Waals surface area contributed by atoms with E-state index in [1.54, 1.807) is 17.0 Å². The highest BCUT2D eigenvalue weighted by Gasteiger charge is 2.22. The number of halogens is 1. The standard InChI is InChI=1S/C28H26FNO4S/c1-3-20(2)30(28(31)24-12-11-22-8-4-5-9-23(22)18-24)19-21-7-6-10-26(17-21)34-35(32,33)27-15-13-25(29)14-16-27/h4-18,20H,3,19H2,1-2H3. The van der Waals surface area contributed by atoms with Gasteiger partial charge >= 0.3 is 10.1 Å². The van der Waals surface area contributed by atoms with Gasteiger partial charge in [-0.1, -0.05) is 49.4 Å². The molecule has 0 heterocycles. The molecule has 1 amide bonds. The molecule has 0 saturated heterocycles. The summed E-state index contributed by atoms with van der Waals surface area (Å²) in [5.74, 6) is -0.517. The van der Waals surface area contributed by atoms with E-state index in [0.717, 1.165) is 47.0 Å². The van der Waals surface area contributed by atoms with Gasteiger partial charge in [0.1, 0.15) is 16.5 Å². The summed E-state index contributed by atoms with van der Waals surface area (Å²) < 4.78 is 43.6. The second-order valence-electron chi connectivity index (χ2n) is 8.39. The zero-order valence-corrected chi connectivity index (χ0v) is 20.3. The van der Waals surface area contributed by atoms with Crippen molar-refractivity contribution in [1.82, 2.24) is 4.90 Å². The molecule has 0 N–H and O–H groups in total. The Labute approximate surface area is 204 Å². The molecule has 0 spiro atoms. The second-order valence-corrected chi connectivity index (χ2v) is 9.94. The number of hydrogen-bond donors (Lipinski definition) is 0. The maximum atomic E-state index is 13.5. The maximum absolute atomic E-state index is 13.5. The lowest BCUT2D eigenvalue weighted by atomic mass is 10.0. The first-order valence-corrected chi connectivity index (χ1v) is 12.8. The molecule has 0 aliphatic heterocycles. The monoisotopic (exact) mass is 491 g/mol. The van der Waals surface area contributed by atoms with E-state index < -0.39 is 15.9 Å². The van der Waals surface area contributed by atoms with Crippen LogP contribution in [0.15, 0.2) is 95.9 Å². The maximum Gasteiger partial charge on any atom is 0.339 e. The molecule has 1 unspecified atom stereocenters. The van der Waals surface area contributed by atoms with Crippen molar-refractivity contribution in [1.29, 1.82) is 0 Å². The van der Waals surface area contributed by atoms with Gasteiger partial charge in [-0.25, -0.2) is 4.39 Å². The Morgan fingerprint density at radius 2 is 1.63 bits per heavy atom. The molecule has 0 aliphatic rings. The van der Waals surface area contributed by atoms with Gasteiger partial charge < -0.3 is 9.08 Å². The SMILES string of the molecule is CCC(C)N(Cc1cccc(OS(=O)(=O)c2ccc(F)cc2)c1)C(=O)c1ccc2ccccc2c1. The summed E-state index contributed by atoms with van der Waals surface area (Å²) in [6.45, 7) is 4.28. The van der Waals surface area contributed by atoms with Gasteiger partial charge in [0.15, 0.2) is 0 Å². The summed E-state index contributed by atoms with van der Waals surface area (Å²) in [6.07, 6.45) is 0.758. The molecular weight excluding hydrogens is 465 g/mol. The molecule has 4 rings (SSSR count). The lowest BCUT2D eigenvalue weighted by Crippen LogP contribution is -2.37. The van der Waals surface area contributed by atoms with Crippen molar-refractivity contribution in [2.75, 3.05) is 0 Å². The van der Waals surface area contributed by atoms with Crippen LogP contribution in [-0.4, -0.2) is 25.3 Å². The Balaban J connectivity index is 1.58. The van der Waals surface area contributed by atoms with Crippen LogP contribution in [0.3, 0.4) is 0 Å². The van der Waals surface area contributed by atoms with Crippen molar-refractivity contribution in [2.24, 2.45) is 0 Å². The van der Waals surface area contributed by atoms with Crippen LogP contribution in [-0.2, 0) is 16.7 Å². The molecule has 0 fully saturated rings. The van der Waals surface area contributed by atoms with E-state index in [9.17, 15) is 17.6 Å². The molecule has 0 aromatic heterocycles. The number of nitrogens with zero attached hydrogens (tertiary/aromatic N) is 1. The van der Waals surface area contributed by atoms with Crippen LogP contribution < -0.4 is 4.18 Å². The Kier molecular flexibility index (Phi) is 7.17. The average molecular weight is 492 g/mol. The number of hydrogen-bond acceptors (Lipinski definition) is 4. The van der Waals surface area contributed by atoms with Crippen LogP contribution in [0.5, 0.6) is 5.75 Å². The highest BCUT2D eigenvalue weighted by Crippen LogP contribution is 2.24. The van der Waals surface area contributed by atoms with Crippen molar-refractivity contribution >= 4 is 26.8 Å². The van der Waals surface area contributed by atoms with E-state index in [1.807, 2.05) is 62.4 Å². The summed E-state index contributed by atoms with van der Waals surface area (Å²) in [4.78, 5) is 15.1. The molecule has 180 valence electrons. The largest absolute Gasteiger partial charge is 0.379 e. The van der Waals surface area contributed by atoms with E-state index >= 15 is 0 Å². The molecular formula is C28H26FNO4S. The second kappa shape index (κ2) is 10.3. The van der Waals surface area contributed by atoms with Gasteiger partial charge in [0, 0.05) is 18.2 Å². The highest BCUT2D eigenvalue weighted by molar-refractivity contribution is 7.87. The summed E-state index contributed by atoms with van der Waals surface area (Å²) in [6, 6.07) is 24.6. The fourth-order valence-corrected chi connectivity index (χ4v) is 4.73. The topological polar surface area (TPSA) is 63.7 Å². The van der Waals surface area contributed by atoms with Gasteiger partial charge in [-0.2, -0.15) is 8.42 Å². The minimum atomic E-state index is -4.12. The van der Waals surface area contributed by atoms with Gasteiger partial charge in [-0.3, -0.25) is 4.79 Å². The molecule has 4 aromatic rings. The van der Waals surface area contributed by atoms with E-state index in [0.29, 0.717) is 5.56 Å². The van der Waals surface area contributed by atoms with Crippen molar-refractivity contribution in [2.45, 2.75) is 37.8 Å². The van der Waals surface area contributed by atoms with Gasteiger partial charge in [0.25, 0.3) is 5.91 Å². The number of carbonyl (C=O) groups excluding carboxylic acids is 1. The Morgan fingerprint density at radius 3 is 2.34 bits per heavy atom. The minimum Gasteiger partial charge on any atom is -0.379 e. The van der Waals surface area contributed by atoms with Crippen LogP contribution in [0.4, 0.5) is 4.39 Å². The fraction of sp³-hybridized carbons (Fsp3) is 0.179. The third-order valence-electron chi connectivity index (χ3n) is 5.94. The quantitative estimate of drug-likeness (QED) is 0.276. The van der Waals surface area contributed by atoms with Gasteiger partial charge in [-0.15, -0.1) is 0 Å². The first-order valence-electron chi connectivity index (χ1n) is 11.4. The van der Waals surface area contributed by atoms with E-state index in [4.69, 9.17) is 4.18 Å². The lowest BCUT2D eigenvalue weighted by molar-refractivity contribution is 0.0671. The summed E-state index contributed by atoms with van der Waals surface area (Å²) in [5, 5.41) is 2.05. The van der Waals surface area contributed by atoms with E-state index in [2.05, 4.69) is 0 Å². The number of carbonyl (C=O) groups is 1. The molecule has 7 heteroatoms. The van der Waals surface area contributed by atoms with Crippen LogP contribution >= 0.6 is 0 Å². The van der Waals surface area contributed by atoms with E-state index in [-0.39, 0.29) is 29.1 Å². The van der Waals surface area contributed by atoms with Crippen LogP contribution in [0.1, 0.15) is 36.2 Å². The minimum absolute atomic E-state index is 0.0403. The molecule has 35 heavy (non-hydrogen) atoms. The zero-order valence-electron chi connectivity index (χ0n) is 19.5. The normalized spacial score (nSPS) is 12.3. The van der Waals surface area contributed by atoms with Crippen molar-refractivity contribution < 1.29 is 21.8 Å².